The molecule has 3 aromatic carbocycles. The van der Waals surface area contributed by atoms with E-state index in [1.807, 2.05) is 36.4 Å². The Hall–Kier alpha value is -4.33. The van der Waals surface area contributed by atoms with Gasteiger partial charge < -0.3 is 24.1 Å². The van der Waals surface area contributed by atoms with Gasteiger partial charge in [0.1, 0.15) is 5.52 Å². The molecular weight excluding hydrogens is 436 g/mol. The van der Waals surface area contributed by atoms with E-state index in [0.717, 1.165) is 11.1 Å². The molecule has 0 aliphatic rings. The number of ether oxygens (including phenoxy) is 3. The van der Waals surface area contributed by atoms with E-state index < -0.39 is 18.0 Å². The fourth-order valence-electron chi connectivity index (χ4n) is 3.47. The number of esters is 1. The van der Waals surface area contributed by atoms with Crippen LogP contribution >= 0.6 is 0 Å². The Morgan fingerprint density at radius 3 is 2.47 bits per heavy atom. The minimum Gasteiger partial charge on any atom is -0.493 e. The minimum atomic E-state index is -0.987. The average Bonchev–Trinajstić information content (AvgIpc) is 3.30. The number of benzene rings is 3. The molecule has 174 valence electrons. The predicted molar refractivity (Wildman–Crippen MR) is 126 cm³/mol. The second kappa shape index (κ2) is 10.1. The predicted octanol–water partition coefficient (Wildman–Crippen LogP) is 4.37. The van der Waals surface area contributed by atoms with E-state index in [1.165, 1.54) is 6.92 Å². The Morgan fingerprint density at radius 2 is 1.74 bits per heavy atom. The number of fused-ring (bicyclic) bond motifs is 1. The van der Waals surface area contributed by atoms with Crippen molar-refractivity contribution in [3.8, 4) is 22.8 Å². The van der Waals surface area contributed by atoms with Gasteiger partial charge in [-0.25, -0.2) is 4.79 Å². The van der Waals surface area contributed by atoms with Gasteiger partial charge in [-0.1, -0.05) is 41.6 Å². The van der Waals surface area contributed by atoms with Gasteiger partial charge >= 0.3 is 5.97 Å². The maximum Gasteiger partial charge on any atom is 0.338 e. The van der Waals surface area contributed by atoms with E-state index in [1.54, 1.807) is 44.6 Å². The fraction of sp³-hybridized carbons (Fsp3) is 0.192. The number of amides is 1. The minimum absolute atomic E-state index is 0.244. The van der Waals surface area contributed by atoms with Gasteiger partial charge in [-0.15, -0.1) is 0 Å². The van der Waals surface area contributed by atoms with Crippen molar-refractivity contribution in [1.82, 2.24) is 10.5 Å². The summed E-state index contributed by atoms with van der Waals surface area (Å²) in [5.41, 5.74) is 2.58. The molecule has 0 saturated carbocycles. The molecule has 1 atom stereocenters. The van der Waals surface area contributed by atoms with E-state index >= 15 is 0 Å². The molecular formula is C26H24N2O6. The summed E-state index contributed by atoms with van der Waals surface area (Å²) < 4.78 is 21.4. The number of carbonyl (C=O) groups is 2. The van der Waals surface area contributed by atoms with Crippen LogP contribution < -0.4 is 14.8 Å². The van der Waals surface area contributed by atoms with Gasteiger partial charge in [0.2, 0.25) is 0 Å². The molecule has 8 nitrogen and oxygen atoms in total. The highest BCUT2D eigenvalue weighted by molar-refractivity contribution is 5.99. The Morgan fingerprint density at radius 1 is 0.971 bits per heavy atom. The number of aromatic nitrogens is 1. The summed E-state index contributed by atoms with van der Waals surface area (Å²) >= 11 is 0. The maximum atomic E-state index is 12.7. The number of carbonyl (C=O) groups excluding carboxylic acids is 2. The highest BCUT2D eigenvalue weighted by atomic mass is 16.5. The third kappa shape index (κ3) is 4.85. The normalized spacial score (nSPS) is 11.6. The maximum absolute atomic E-state index is 12.7. The molecule has 0 radical (unpaired) electrons. The first-order valence-electron chi connectivity index (χ1n) is 10.6. The van der Waals surface area contributed by atoms with E-state index in [-0.39, 0.29) is 6.54 Å². The summed E-state index contributed by atoms with van der Waals surface area (Å²) in [6.07, 6.45) is -0.987. The number of nitrogens with one attached hydrogen (secondary N) is 1. The summed E-state index contributed by atoms with van der Waals surface area (Å²) in [6, 6.07) is 19.8. The van der Waals surface area contributed by atoms with Crippen molar-refractivity contribution in [3.63, 3.8) is 0 Å². The molecule has 1 amide bonds. The monoisotopic (exact) mass is 460 g/mol. The highest BCUT2D eigenvalue weighted by Crippen LogP contribution is 2.30. The van der Waals surface area contributed by atoms with Crippen molar-refractivity contribution >= 4 is 22.8 Å². The lowest BCUT2D eigenvalue weighted by Crippen LogP contribution is -2.35. The van der Waals surface area contributed by atoms with Crippen LogP contribution in [0.4, 0.5) is 0 Å². The van der Waals surface area contributed by atoms with Gasteiger partial charge in [-0.05, 0) is 42.8 Å². The van der Waals surface area contributed by atoms with E-state index in [0.29, 0.717) is 33.7 Å². The molecule has 4 aromatic rings. The molecule has 34 heavy (non-hydrogen) atoms. The quantitative estimate of drug-likeness (QED) is 0.390. The number of rotatable bonds is 8. The second-order valence-corrected chi connectivity index (χ2v) is 7.56. The molecule has 1 heterocycles. The van der Waals surface area contributed by atoms with Gasteiger partial charge in [0.15, 0.2) is 23.4 Å². The Labute approximate surface area is 196 Å². The summed E-state index contributed by atoms with van der Waals surface area (Å²) in [7, 11) is 3.10. The first kappa shape index (κ1) is 22.8. The van der Waals surface area contributed by atoms with Gasteiger partial charge in [-0.2, -0.15) is 0 Å². The van der Waals surface area contributed by atoms with Crippen molar-refractivity contribution < 1.29 is 28.3 Å². The van der Waals surface area contributed by atoms with Crippen LogP contribution in [0.3, 0.4) is 0 Å². The van der Waals surface area contributed by atoms with E-state index in [4.69, 9.17) is 18.7 Å². The van der Waals surface area contributed by atoms with Crippen LogP contribution in [0.25, 0.3) is 22.2 Å². The van der Waals surface area contributed by atoms with Gasteiger partial charge in [0.25, 0.3) is 5.91 Å². The summed E-state index contributed by atoms with van der Waals surface area (Å²) in [5.74, 6) is 0.689. The Bertz CT molecular complexity index is 1320. The molecule has 0 spiro atoms. The van der Waals surface area contributed by atoms with Crippen LogP contribution in [0.1, 0.15) is 22.8 Å². The molecule has 0 bridgehead atoms. The number of nitrogens with zero attached hydrogens (tertiary/aromatic N) is 1. The number of hydrogen-bond acceptors (Lipinski definition) is 7. The van der Waals surface area contributed by atoms with Crippen LogP contribution in [0.2, 0.25) is 0 Å². The Kier molecular flexibility index (Phi) is 6.77. The molecule has 4 rings (SSSR count). The second-order valence-electron chi connectivity index (χ2n) is 7.56. The summed E-state index contributed by atoms with van der Waals surface area (Å²) in [4.78, 5) is 25.2. The van der Waals surface area contributed by atoms with E-state index in [2.05, 4.69) is 10.5 Å². The van der Waals surface area contributed by atoms with Crippen molar-refractivity contribution in [3.05, 3.63) is 77.9 Å². The van der Waals surface area contributed by atoms with Crippen molar-refractivity contribution in [2.45, 2.75) is 19.6 Å². The molecule has 0 fully saturated rings. The van der Waals surface area contributed by atoms with Crippen LogP contribution in [0, 0.1) is 0 Å². The molecule has 1 aromatic heterocycles. The standard InChI is InChI=1S/C26H24N2O6/c1-16(25(29)27-15-17-9-12-22(31-2)23(13-17)32-3)33-26(30)19-10-11-21-20(14-19)24(34-28-21)18-7-5-4-6-8-18/h4-14,16H,15H2,1-3H3,(H,27,29). The van der Waals surface area contributed by atoms with E-state index in [9.17, 15) is 9.59 Å². The SMILES string of the molecule is COc1ccc(CNC(=O)C(C)OC(=O)c2ccc3noc(-c4ccccc4)c3c2)cc1OC. The van der Waals surface area contributed by atoms with Crippen LogP contribution in [-0.2, 0) is 16.1 Å². The van der Waals surface area contributed by atoms with Crippen molar-refractivity contribution in [2.24, 2.45) is 0 Å². The lowest BCUT2D eigenvalue weighted by molar-refractivity contribution is -0.129. The summed E-state index contributed by atoms with van der Waals surface area (Å²) in [6.45, 7) is 1.77. The fourth-order valence-corrected chi connectivity index (χ4v) is 3.47. The molecule has 0 aliphatic carbocycles. The molecule has 0 saturated heterocycles. The molecule has 0 aliphatic heterocycles. The smallest absolute Gasteiger partial charge is 0.338 e. The third-order valence-corrected chi connectivity index (χ3v) is 5.32. The molecule has 1 N–H and O–H groups in total. The van der Waals surface area contributed by atoms with Crippen LogP contribution in [0.5, 0.6) is 11.5 Å². The highest BCUT2D eigenvalue weighted by Gasteiger charge is 2.20. The van der Waals surface area contributed by atoms with Crippen LogP contribution in [0.15, 0.2) is 71.3 Å². The first-order valence-corrected chi connectivity index (χ1v) is 10.6. The number of methoxy groups -OCH3 is 2. The van der Waals surface area contributed by atoms with Gasteiger partial charge in [-0.3, -0.25) is 4.79 Å². The van der Waals surface area contributed by atoms with Crippen LogP contribution in [-0.4, -0.2) is 37.4 Å². The molecule has 1 unspecified atom stereocenters. The first-order chi connectivity index (χ1) is 16.5. The van der Waals surface area contributed by atoms with Gasteiger partial charge in [0, 0.05) is 12.1 Å². The van der Waals surface area contributed by atoms with Crippen molar-refractivity contribution in [2.75, 3.05) is 14.2 Å². The zero-order valence-corrected chi connectivity index (χ0v) is 19.0. The van der Waals surface area contributed by atoms with Crippen molar-refractivity contribution in [1.29, 1.82) is 0 Å². The Balaban J connectivity index is 1.41. The molecule has 8 heteroatoms. The summed E-state index contributed by atoms with van der Waals surface area (Å²) in [5, 5.41) is 7.50. The third-order valence-electron chi connectivity index (χ3n) is 5.32. The zero-order chi connectivity index (χ0) is 24.1. The lowest BCUT2D eigenvalue weighted by Gasteiger charge is -2.14. The largest absolute Gasteiger partial charge is 0.493 e. The topological polar surface area (TPSA) is 99.9 Å². The average molecular weight is 460 g/mol. The van der Waals surface area contributed by atoms with Gasteiger partial charge in [0.05, 0.1) is 25.2 Å². The lowest BCUT2D eigenvalue weighted by atomic mass is 10.1. The number of hydrogen-bond donors (Lipinski definition) is 1. The zero-order valence-electron chi connectivity index (χ0n) is 19.0.